The summed E-state index contributed by atoms with van der Waals surface area (Å²) >= 11 is 7.43. The molecule has 1 aromatic heterocycles. The number of hydrogen-bond donors (Lipinski definition) is 1. The van der Waals surface area contributed by atoms with Crippen molar-refractivity contribution < 1.29 is 4.79 Å². The summed E-state index contributed by atoms with van der Waals surface area (Å²) in [5.74, 6) is 0.773. The number of amides is 1. The minimum Gasteiger partial charge on any atom is -0.271 e. The number of nitrogens with zero attached hydrogens (tertiary/aromatic N) is 4. The van der Waals surface area contributed by atoms with E-state index in [0.717, 1.165) is 20.8 Å². The van der Waals surface area contributed by atoms with Crippen LogP contribution >= 0.6 is 23.4 Å². The lowest BCUT2D eigenvalue weighted by Gasteiger charge is -2.15. The quantitative estimate of drug-likeness (QED) is 0.539. The van der Waals surface area contributed by atoms with Gasteiger partial charge in [-0.15, -0.1) is 11.8 Å². The monoisotopic (exact) mass is 399 g/mol. The van der Waals surface area contributed by atoms with Crippen molar-refractivity contribution in [3.05, 3.63) is 75.4 Å². The van der Waals surface area contributed by atoms with Crippen molar-refractivity contribution in [1.29, 1.82) is 0 Å². The molecule has 3 aromatic rings. The molecule has 2 aromatic carbocycles. The molecule has 4 rings (SSSR count). The van der Waals surface area contributed by atoms with Crippen LogP contribution in [0, 0.1) is 0 Å². The van der Waals surface area contributed by atoms with Gasteiger partial charge in [0.1, 0.15) is 12.4 Å². The highest BCUT2D eigenvalue weighted by atomic mass is 35.5. The Hall–Kier alpha value is -2.84. The van der Waals surface area contributed by atoms with Gasteiger partial charge in [-0.3, -0.25) is 4.79 Å². The summed E-state index contributed by atoms with van der Waals surface area (Å²) in [5.41, 5.74) is 3.65. The Bertz CT molecular complexity index is 1090. The molecule has 136 valence electrons. The highest BCUT2D eigenvalue weighted by Gasteiger charge is 2.22. The topological polar surface area (TPSA) is 81.3 Å². The van der Waals surface area contributed by atoms with Gasteiger partial charge in [-0.1, -0.05) is 35.9 Å². The third kappa shape index (κ3) is 3.67. The van der Waals surface area contributed by atoms with Crippen LogP contribution < -0.4 is 11.1 Å². The molecular formula is C18H14ClN5O2S. The van der Waals surface area contributed by atoms with E-state index in [0.29, 0.717) is 16.6 Å². The number of rotatable bonds is 4. The fourth-order valence-corrected chi connectivity index (χ4v) is 3.78. The highest BCUT2D eigenvalue weighted by Crippen LogP contribution is 2.32. The maximum absolute atomic E-state index is 12.7. The number of halogens is 1. The van der Waals surface area contributed by atoms with E-state index in [-0.39, 0.29) is 12.2 Å². The smallest absolute Gasteiger partial charge is 0.271 e. The van der Waals surface area contributed by atoms with Gasteiger partial charge in [0.05, 0.1) is 17.7 Å². The summed E-state index contributed by atoms with van der Waals surface area (Å²) in [6.07, 6.45) is 1.50. The lowest BCUT2D eigenvalue weighted by atomic mass is 10.2. The third-order valence-electron chi connectivity index (χ3n) is 3.94. The summed E-state index contributed by atoms with van der Waals surface area (Å²) in [6.45, 7) is -0.205. The molecule has 0 radical (unpaired) electrons. The van der Waals surface area contributed by atoms with Crippen molar-refractivity contribution in [2.45, 2.75) is 17.2 Å². The van der Waals surface area contributed by atoms with Crippen LogP contribution in [0.4, 0.5) is 0 Å². The maximum Gasteiger partial charge on any atom is 0.351 e. The zero-order valence-corrected chi connectivity index (χ0v) is 15.6. The Morgan fingerprint density at radius 1 is 1.26 bits per heavy atom. The number of hydrogen-bond acceptors (Lipinski definition) is 5. The van der Waals surface area contributed by atoms with Crippen molar-refractivity contribution >= 4 is 35.5 Å². The van der Waals surface area contributed by atoms with E-state index in [1.54, 1.807) is 40.6 Å². The van der Waals surface area contributed by atoms with Gasteiger partial charge in [-0.25, -0.2) is 19.5 Å². The van der Waals surface area contributed by atoms with Crippen molar-refractivity contribution in [3.8, 4) is 5.69 Å². The predicted molar refractivity (Wildman–Crippen MR) is 105 cm³/mol. The Labute approximate surface area is 163 Å². The van der Waals surface area contributed by atoms with Gasteiger partial charge < -0.3 is 0 Å². The molecule has 1 amide bonds. The third-order valence-corrected chi connectivity index (χ3v) is 5.25. The van der Waals surface area contributed by atoms with Crippen LogP contribution in [0.1, 0.15) is 11.4 Å². The summed E-state index contributed by atoms with van der Waals surface area (Å²) in [6, 6.07) is 14.7. The van der Waals surface area contributed by atoms with Gasteiger partial charge in [0.15, 0.2) is 0 Å². The second-order valence-electron chi connectivity index (χ2n) is 5.79. The molecule has 0 saturated carbocycles. The summed E-state index contributed by atoms with van der Waals surface area (Å²) in [4.78, 5) is 25.8. The normalized spacial score (nSPS) is 12.6. The Morgan fingerprint density at radius 3 is 2.85 bits per heavy atom. The van der Waals surface area contributed by atoms with E-state index >= 15 is 0 Å². The first-order valence-electron chi connectivity index (χ1n) is 8.10. The molecule has 2 heterocycles. The average Bonchev–Trinajstić information content (AvgIpc) is 2.99. The molecule has 9 heteroatoms. The molecular weight excluding hydrogens is 386 g/mol. The minimum absolute atomic E-state index is 0.205. The Morgan fingerprint density at radius 2 is 2.04 bits per heavy atom. The fraction of sp³-hybridized carbons (Fsp3) is 0.111. The number of aromatic nitrogens is 3. The second kappa shape index (κ2) is 7.42. The number of nitrogens with one attached hydrogen (secondary N) is 1. The summed E-state index contributed by atoms with van der Waals surface area (Å²) < 4.78 is 2.71. The molecule has 0 fully saturated rings. The number of benzene rings is 2. The molecule has 0 spiro atoms. The number of fused-ring (bicyclic) bond motifs is 3. The average molecular weight is 400 g/mol. The molecule has 1 aliphatic rings. The predicted octanol–water partition coefficient (Wildman–Crippen LogP) is 2.44. The Kier molecular flexibility index (Phi) is 4.83. The lowest BCUT2D eigenvalue weighted by Crippen LogP contribution is -2.31. The summed E-state index contributed by atoms with van der Waals surface area (Å²) in [5, 5.41) is 8.80. The van der Waals surface area contributed by atoms with Crippen LogP contribution in [0.3, 0.4) is 0 Å². The van der Waals surface area contributed by atoms with E-state index < -0.39 is 5.91 Å². The van der Waals surface area contributed by atoms with Gasteiger partial charge in [0.25, 0.3) is 5.91 Å². The van der Waals surface area contributed by atoms with Crippen molar-refractivity contribution in [3.63, 3.8) is 0 Å². The van der Waals surface area contributed by atoms with E-state index in [9.17, 15) is 9.59 Å². The SMILES string of the molecule is O=C(Cn1nc2n(c1=O)-c1ccccc1SC2)N/N=C\c1ccc(Cl)cc1. The van der Waals surface area contributed by atoms with Crippen LogP contribution in [0.5, 0.6) is 0 Å². The molecule has 0 aliphatic carbocycles. The molecule has 27 heavy (non-hydrogen) atoms. The van der Waals surface area contributed by atoms with Gasteiger partial charge in [0.2, 0.25) is 0 Å². The van der Waals surface area contributed by atoms with Crippen LogP contribution in [0.2, 0.25) is 5.02 Å². The van der Waals surface area contributed by atoms with E-state index in [4.69, 9.17) is 11.6 Å². The molecule has 0 unspecified atom stereocenters. The fourth-order valence-electron chi connectivity index (χ4n) is 2.70. The van der Waals surface area contributed by atoms with Gasteiger partial charge >= 0.3 is 5.69 Å². The van der Waals surface area contributed by atoms with Gasteiger partial charge in [0, 0.05) is 9.92 Å². The van der Waals surface area contributed by atoms with Crippen molar-refractivity contribution in [2.75, 3.05) is 0 Å². The minimum atomic E-state index is -0.432. The number of thioether (sulfide) groups is 1. The van der Waals surface area contributed by atoms with Crippen LogP contribution in [-0.2, 0) is 17.1 Å². The van der Waals surface area contributed by atoms with E-state index in [2.05, 4.69) is 15.6 Å². The first-order chi connectivity index (χ1) is 13.1. The van der Waals surface area contributed by atoms with Crippen molar-refractivity contribution in [2.24, 2.45) is 5.10 Å². The maximum atomic E-state index is 12.7. The van der Waals surface area contributed by atoms with Crippen LogP contribution in [-0.4, -0.2) is 26.5 Å². The first-order valence-corrected chi connectivity index (χ1v) is 9.46. The standard InChI is InChI=1S/C18H14ClN5O2S/c19-13-7-5-12(6-8-13)9-20-21-17(25)10-23-18(26)24-14-3-1-2-4-15(14)27-11-16(24)22-23/h1-9H,10-11H2,(H,21,25)/b20-9-. The number of carbonyl (C=O) groups is 1. The van der Waals surface area contributed by atoms with Gasteiger partial charge in [-0.2, -0.15) is 10.2 Å². The Balaban J connectivity index is 1.48. The number of para-hydroxylation sites is 1. The number of carbonyl (C=O) groups excluding carboxylic acids is 1. The molecule has 1 N–H and O–H groups in total. The summed E-state index contributed by atoms with van der Waals surface area (Å²) in [7, 11) is 0. The largest absolute Gasteiger partial charge is 0.351 e. The lowest BCUT2D eigenvalue weighted by molar-refractivity contribution is -0.121. The molecule has 1 aliphatic heterocycles. The van der Waals surface area contributed by atoms with E-state index in [1.165, 1.54) is 6.21 Å². The molecule has 0 saturated heterocycles. The van der Waals surface area contributed by atoms with Crippen LogP contribution in [0.25, 0.3) is 5.69 Å². The van der Waals surface area contributed by atoms with Crippen LogP contribution in [0.15, 0.2) is 63.3 Å². The first kappa shape index (κ1) is 17.6. The zero-order chi connectivity index (χ0) is 18.8. The van der Waals surface area contributed by atoms with Crippen molar-refractivity contribution in [1.82, 2.24) is 19.8 Å². The van der Waals surface area contributed by atoms with E-state index in [1.807, 2.05) is 24.3 Å². The zero-order valence-electron chi connectivity index (χ0n) is 14.0. The number of hydrazone groups is 1. The molecule has 7 nitrogen and oxygen atoms in total. The van der Waals surface area contributed by atoms with Gasteiger partial charge in [-0.05, 0) is 29.8 Å². The highest BCUT2D eigenvalue weighted by molar-refractivity contribution is 7.98. The molecule has 0 atom stereocenters. The second-order valence-corrected chi connectivity index (χ2v) is 7.25. The molecule has 0 bridgehead atoms.